The highest BCUT2D eigenvalue weighted by atomic mass is 16.5. The molecule has 1 heterocycles. The van der Waals surface area contributed by atoms with Gasteiger partial charge in [-0.05, 0) is 52.1 Å². The first-order chi connectivity index (χ1) is 14.3. The number of aliphatic hydroxyl groups is 1. The van der Waals surface area contributed by atoms with Crippen molar-refractivity contribution in [2.24, 2.45) is 0 Å². The summed E-state index contributed by atoms with van der Waals surface area (Å²) in [5.74, 6) is -0.0966. The van der Waals surface area contributed by atoms with Crippen LogP contribution < -0.4 is 5.32 Å². The number of ether oxygens (including phenoxy) is 1. The lowest BCUT2D eigenvalue weighted by atomic mass is 9.74. The molecular formula is C24H39N3O3. The van der Waals surface area contributed by atoms with Gasteiger partial charge in [-0.15, -0.1) is 0 Å². The van der Waals surface area contributed by atoms with Crippen molar-refractivity contribution in [3.63, 3.8) is 0 Å². The van der Waals surface area contributed by atoms with E-state index < -0.39 is 5.60 Å². The van der Waals surface area contributed by atoms with Crippen molar-refractivity contribution < 1.29 is 14.6 Å². The highest BCUT2D eigenvalue weighted by Gasteiger charge is 2.41. The first-order valence-electron chi connectivity index (χ1n) is 11.3. The molecule has 1 aliphatic heterocycles. The molecule has 3 atom stereocenters. The minimum Gasteiger partial charge on any atom is -0.391 e. The smallest absolute Gasteiger partial charge is 0.251 e. The van der Waals surface area contributed by atoms with Crippen LogP contribution in [-0.2, 0) is 14.9 Å². The molecule has 6 nitrogen and oxygen atoms in total. The Balaban J connectivity index is 1.78. The number of carbonyl (C=O) groups excluding carboxylic acids is 1. The molecule has 1 aromatic carbocycles. The third kappa shape index (κ3) is 5.22. The SMILES string of the molecule is COC(C)(C)C(=O)NC[C@@]1(c2ccccc2)CC[C@H](O)[C@@H](N2CCN(C)CC2)CC1. The first kappa shape index (κ1) is 23.2. The third-order valence-electron chi connectivity index (χ3n) is 7.32. The van der Waals surface area contributed by atoms with E-state index in [9.17, 15) is 9.90 Å². The molecule has 6 heteroatoms. The summed E-state index contributed by atoms with van der Waals surface area (Å²) >= 11 is 0. The van der Waals surface area contributed by atoms with Crippen LogP contribution in [0.2, 0.25) is 0 Å². The van der Waals surface area contributed by atoms with Crippen molar-refractivity contribution >= 4 is 5.91 Å². The Morgan fingerprint density at radius 2 is 1.80 bits per heavy atom. The van der Waals surface area contributed by atoms with Gasteiger partial charge in [-0.25, -0.2) is 0 Å². The summed E-state index contributed by atoms with van der Waals surface area (Å²) in [7, 11) is 3.72. The summed E-state index contributed by atoms with van der Waals surface area (Å²) in [6.45, 7) is 8.26. The minimum atomic E-state index is -0.857. The maximum atomic E-state index is 12.7. The lowest BCUT2D eigenvalue weighted by Gasteiger charge is -2.39. The second-order valence-corrected chi connectivity index (χ2v) is 9.59. The van der Waals surface area contributed by atoms with Gasteiger partial charge in [0.1, 0.15) is 5.60 Å². The summed E-state index contributed by atoms with van der Waals surface area (Å²) in [4.78, 5) is 17.5. The van der Waals surface area contributed by atoms with Crippen LogP contribution in [-0.4, -0.2) is 85.4 Å². The van der Waals surface area contributed by atoms with Crippen LogP contribution in [0.1, 0.15) is 45.1 Å². The second-order valence-electron chi connectivity index (χ2n) is 9.59. The van der Waals surface area contributed by atoms with Crippen LogP contribution in [0, 0.1) is 0 Å². The molecule has 0 spiro atoms. The molecule has 1 aromatic rings. The molecule has 0 radical (unpaired) electrons. The molecule has 0 unspecified atom stereocenters. The van der Waals surface area contributed by atoms with Gasteiger partial charge in [0.2, 0.25) is 0 Å². The number of nitrogens with zero attached hydrogens (tertiary/aromatic N) is 2. The topological polar surface area (TPSA) is 65.0 Å². The number of likely N-dealkylation sites (N-methyl/N-ethyl adjacent to an activating group) is 1. The van der Waals surface area contributed by atoms with Gasteiger partial charge < -0.3 is 20.1 Å². The Hall–Kier alpha value is -1.47. The monoisotopic (exact) mass is 417 g/mol. The van der Waals surface area contributed by atoms with Gasteiger partial charge in [-0.3, -0.25) is 9.69 Å². The number of carbonyl (C=O) groups is 1. The van der Waals surface area contributed by atoms with Crippen LogP contribution in [0.25, 0.3) is 0 Å². The summed E-state index contributed by atoms with van der Waals surface area (Å²) in [6.07, 6.45) is 3.15. The second kappa shape index (κ2) is 9.77. The van der Waals surface area contributed by atoms with Crippen LogP contribution >= 0.6 is 0 Å². The van der Waals surface area contributed by atoms with Crippen LogP contribution in [0.5, 0.6) is 0 Å². The molecule has 1 saturated heterocycles. The zero-order valence-corrected chi connectivity index (χ0v) is 19.1. The van der Waals surface area contributed by atoms with Gasteiger partial charge in [0, 0.05) is 51.3 Å². The fourth-order valence-electron chi connectivity index (χ4n) is 4.85. The quantitative estimate of drug-likeness (QED) is 0.694. The molecule has 1 amide bonds. The molecule has 3 rings (SSSR count). The van der Waals surface area contributed by atoms with E-state index in [1.807, 2.05) is 6.07 Å². The maximum Gasteiger partial charge on any atom is 0.251 e. The highest BCUT2D eigenvalue weighted by Crippen LogP contribution is 2.39. The summed E-state index contributed by atoms with van der Waals surface area (Å²) in [5.41, 5.74) is 0.208. The van der Waals surface area contributed by atoms with Crippen molar-refractivity contribution in [1.29, 1.82) is 0 Å². The van der Waals surface area contributed by atoms with E-state index in [2.05, 4.69) is 46.4 Å². The van der Waals surface area contributed by atoms with Gasteiger partial charge in [0.15, 0.2) is 0 Å². The largest absolute Gasteiger partial charge is 0.391 e. The van der Waals surface area contributed by atoms with Crippen LogP contribution in [0.3, 0.4) is 0 Å². The van der Waals surface area contributed by atoms with Crippen molar-refractivity contribution in [3.05, 3.63) is 35.9 Å². The van der Waals surface area contributed by atoms with E-state index in [0.29, 0.717) is 6.54 Å². The Labute approximate surface area is 181 Å². The standard InChI is InChI=1S/C24H39N3O3/c1-23(2,30-4)22(29)25-18-24(19-8-6-5-7-9-19)12-10-20(21(28)11-13-24)27-16-14-26(3)15-17-27/h5-9,20-21,28H,10-18H2,1-4H3,(H,25,29)/t20-,21-,24-/m0/s1. The minimum absolute atomic E-state index is 0.0966. The average molecular weight is 418 g/mol. The van der Waals surface area contributed by atoms with Crippen molar-refractivity contribution in [2.45, 2.75) is 62.7 Å². The summed E-state index contributed by atoms with van der Waals surface area (Å²) < 4.78 is 5.36. The maximum absolute atomic E-state index is 12.7. The van der Waals surface area contributed by atoms with Gasteiger partial charge in [-0.1, -0.05) is 30.3 Å². The number of amides is 1. The van der Waals surface area contributed by atoms with E-state index in [0.717, 1.165) is 51.9 Å². The number of nitrogens with one attached hydrogen (secondary N) is 1. The average Bonchev–Trinajstić information content (AvgIpc) is 2.93. The molecule has 2 aliphatic rings. The Morgan fingerprint density at radius 1 is 1.17 bits per heavy atom. The normalized spacial score (nSPS) is 29.4. The molecule has 30 heavy (non-hydrogen) atoms. The van der Waals surface area contributed by atoms with Gasteiger partial charge in [-0.2, -0.15) is 0 Å². The summed E-state index contributed by atoms with van der Waals surface area (Å²) in [5, 5.41) is 14.2. The van der Waals surface area contributed by atoms with Crippen molar-refractivity contribution in [1.82, 2.24) is 15.1 Å². The predicted octanol–water partition coefficient (Wildman–Crippen LogP) is 2.02. The third-order valence-corrected chi connectivity index (χ3v) is 7.32. The first-order valence-corrected chi connectivity index (χ1v) is 11.3. The van der Waals surface area contributed by atoms with E-state index >= 15 is 0 Å². The lowest BCUT2D eigenvalue weighted by molar-refractivity contribution is -0.139. The molecular weight excluding hydrogens is 378 g/mol. The zero-order valence-electron chi connectivity index (χ0n) is 19.1. The highest BCUT2D eigenvalue weighted by molar-refractivity contribution is 5.84. The van der Waals surface area contributed by atoms with Gasteiger partial charge in [0.05, 0.1) is 6.10 Å². The number of hydrogen-bond acceptors (Lipinski definition) is 5. The number of benzene rings is 1. The summed E-state index contributed by atoms with van der Waals surface area (Å²) in [6, 6.07) is 10.7. The number of rotatable bonds is 6. The predicted molar refractivity (Wildman–Crippen MR) is 120 cm³/mol. The lowest BCUT2D eigenvalue weighted by Crippen LogP contribution is -2.52. The van der Waals surface area contributed by atoms with Gasteiger partial charge >= 0.3 is 0 Å². The molecule has 2 N–H and O–H groups in total. The molecule has 0 aromatic heterocycles. The molecule has 2 fully saturated rings. The Kier molecular flexibility index (Phi) is 7.56. The Morgan fingerprint density at radius 3 is 2.43 bits per heavy atom. The molecule has 1 saturated carbocycles. The molecule has 1 aliphatic carbocycles. The number of aliphatic hydroxyl groups excluding tert-OH is 1. The van der Waals surface area contributed by atoms with E-state index in [1.165, 1.54) is 5.56 Å². The van der Waals surface area contributed by atoms with Crippen molar-refractivity contribution in [3.8, 4) is 0 Å². The number of piperazine rings is 1. The zero-order chi connectivity index (χ0) is 21.8. The van der Waals surface area contributed by atoms with E-state index in [4.69, 9.17) is 4.74 Å². The number of methoxy groups -OCH3 is 1. The van der Waals surface area contributed by atoms with E-state index in [-0.39, 0.29) is 23.5 Å². The van der Waals surface area contributed by atoms with Gasteiger partial charge in [0.25, 0.3) is 5.91 Å². The fraction of sp³-hybridized carbons (Fsp3) is 0.708. The molecule has 0 bridgehead atoms. The van der Waals surface area contributed by atoms with Crippen LogP contribution in [0.15, 0.2) is 30.3 Å². The number of hydrogen-bond donors (Lipinski definition) is 2. The van der Waals surface area contributed by atoms with E-state index in [1.54, 1.807) is 21.0 Å². The molecule has 168 valence electrons. The van der Waals surface area contributed by atoms with Crippen LogP contribution in [0.4, 0.5) is 0 Å². The van der Waals surface area contributed by atoms with Crippen molar-refractivity contribution in [2.75, 3.05) is 46.9 Å². The Bertz CT molecular complexity index is 688. The fourth-order valence-corrected chi connectivity index (χ4v) is 4.85.